The van der Waals surface area contributed by atoms with Crippen LogP contribution in [-0.2, 0) is 0 Å². The summed E-state index contributed by atoms with van der Waals surface area (Å²) in [6.07, 6.45) is 1.60. The van der Waals surface area contributed by atoms with E-state index in [4.69, 9.17) is 10.00 Å². The summed E-state index contributed by atoms with van der Waals surface area (Å²) in [6, 6.07) is 27.1. The van der Waals surface area contributed by atoms with Gasteiger partial charge in [-0.05, 0) is 35.4 Å². The average Bonchev–Trinajstić information content (AvgIpc) is 2.80. The van der Waals surface area contributed by atoms with Gasteiger partial charge in [0.2, 0.25) is 0 Å². The quantitative estimate of drug-likeness (QED) is 0.644. The second kappa shape index (κ2) is 8.62. The first-order valence-corrected chi connectivity index (χ1v) is 9.85. The van der Waals surface area contributed by atoms with E-state index in [1.807, 2.05) is 71.6 Å². The van der Waals surface area contributed by atoms with Crippen molar-refractivity contribution < 1.29 is 9.53 Å². The highest BCUT2D eigenvalue weighted by molar-refractivity contribution is 6.00. The van der Waals surface area contributed by atoms with E-state index in [2.05, 4.69) is 6.07 Å². The van der Waals surface area contributed by atoms with Crippen LogP contribution in [0.15, 0.2) is 78.9 Å². The van der Waals surface area contributed by atoms with Crippen LogP contribution < -0.4 is 4.74 Å². The molecule has 4 nitrogen and oxygen atoms in total. The number of carbonyl (C=O) groups is 1. The van der Waals surface area contributed by atoms with E-state index >= 15 is 0 Å². The van der Waals surface area contributed by atoms with Crippen molar-refractivity contribution in [3.05, 3.63) is 90.0 Å². The summed E-state index contributed by atoms with van der Waals surface area (Å²) in [5.74, 6) is 0.776. The van der Waals surface area contributed by atoms with Crippen molar-refractivity contribution in [3.8, 4) is 22.9 Å². The summed E-state index contributed by atoms with van der Waals surface area (Å²) in [7, 11) is 0. The molecule has 3 aromatic carbocycles. The standard InChI is InChI=1S/C25H22N2O2/c26-18-19-7-6-10-22(17-19)29-21-13-15-27(16-14-21)25(28)24-12-5-4-11-23(24)20-8-2-1-3-9-20/h1-12,17,21H,13-16H2. The van der Waals surface area contributed by atoms with Crippen LogP contribution in [0.1, 0.15) is 28.8 Å². The van der Waals surface area contributed by atoms with E-state index in [0.717, 1.165) is 29.5 Å². The molecule has 0 radical (unpaired) electrons. The van der Waals surface area contributed by atoms with Crippen LogP contribution in [0.4, 0.5) is 0 Å². The molecule has 0 saturated carbocycles. The first-order chi connectivity index (χ1) is 14.2. The molecule has 0 aromatic heterocycles. The van der Waals surface area contributed by atoms with Crippen molar-refractivity contribution in [1.29, 1.82) is 5.26 Å². The Labute approximate surface area is 171 Å². The Morgan fingerprint density at radius 2 is 1.66 bits per heavy atom. The molecule has 0 unspecified atom stereocenters. The fourth-order valence-corrected chi connectivity index (χ4v) is 3.72. The molecule has 1 aliphatic heterocycles. The van der Waals surface area contributed by atoms with E-state index in [1.165, 1.54) is 0 Å². The van der Waals surface area contributed by atoms with Gasteiger partial charge in [-0.3, -0.25) is 4.79 Å². The molecule has 4 heteroatoms. The molecule has 1 saturated heterocycles. The molecule has 1 amide bonds. The predicted molar refractivity (Wildman–Crippen MR) is 113 cm³/mol. The Morgan fingerprint density at radius 1 is 0.931 bits per heavy atom. The zero-order valence-corrected chi connectivity index (χ0v) is 16.1. The van der Waals surface area contributed by atoms with Gasteiger partial charge in [0.15, 0.2) is 0 Å². The van der Waals surface area contributed by atoms with Gasteiger partial charge in [0.05, 0.1) is 11.6 Å². The Kier molecular flexibility index (Phi) is 5.58. The molecule has 0 aliphatic carbocycles. The summed E-state index contributed by atoms with van der Waals surface area (Å²) in [5.41, 5.74) is 3.34. The molecule has 1 heterocycles. The third-order valence-electron chi connectivity index (χ3n) is 5.24. The zero-order valence-electron chi connectivity index (χ0n) is 16.1. The number of piperidine rings is 1. The lowest BCUT2D eigenvalue weighted by atomic mass is 9.98. The Balaban J connectivity index is 1.43. The van der Waals surface area contributed by atoms with E-state index < -0.39 is 0 Å². The fourth-order valence-electron chi connectivity index (χ4n) is 3.72. The van der Waals surface area contributed by atoms with Crippen LogP contribution in [0.2, 0.25) is 0 Å². The van der Waals surface area contributed by atoms with Crippen LogP contribution in [0, 0.1) is 11.3 Å². The van der Waals surface area contributed by atoms with Crippen LogP contribution in [0.5, 0.6) is 5.75 Å². The van der Waals surface area contributed by atoms with E-state index in [1.54, 1.807) is 12.1 Å². The van der Waals surface area contributed by atoms with Gasteiger partial charge in [-0.1, -0.05) is 54.6 Å². The van der Waals surface area contributed by atoms with E-state index in [0.29, 0.717) is 24.4 Å². The first-order valence-electron chi connectivity index (χ1n) is 9.85. The Morgan fingerprint density at radius 3 is 2.41 bits per heavy atom. The zero-order chi connectivity index (χ0) is 20.1. The maximum atomic E-state index is 13.2. The van der Waals surface area contributed by atoms with Crippen LogP contribution in [0.25, 0.3) is 11.1 Å². The van der Waals surface area contributed by atoms with Crippen molar-refractivity contribution in [2.24, 2.45) is 0 Å². The van der Waals surface area contributed by atoms with Gasteiger partial charge < -0.3 is 9.64 Å². The van der Waals surface area contributed by atoms with Gasteiger partial charge in [0.25, 0.3) is 5.91 Å². The number of hydrogen-bond acceptors (Lipinski definition) is 3. The summed E-state index contributed by atoms with van der Waals surface area (Å²) in [4.78, 5) is 15.1. The normalized spacial score (nSPS) is 14.2. The number of ether oxygens (including phenoxy) is 1. The highest BCUT2D eigenvalue weighted by Gasteiger charge is 2.26. The Bertz CT molecular complexity index is 1030. The van der Waals surface area contributed by atoms with Gasteiger partial charge >= 0.3 is 0 Å². The van der Waals surface area contributed by atoms with Gasteiger partial charge in [0, 0.05) is 31.5 Å². The molecular formula is C25H22N2O2. The molecule has 0 bridgehead atoms. The predicted octanol–water partition coefficient (Wildman–Crippen LogP) is 4.91. The number of likely N-dealkylation sites (tertiary alicyclic amines) is 1. The summed E-state index contributed by atoms with van der Waals surface area (Å²) in [6.45, 7) is 1.31. The molecule has 0 N–H and O–H groups in total. The minimum Gasteiger partial charge on any atom is -0.490 e. The lowest BCUT2D eigenvalue weighted by Crippen LogP contribution is -2.42. The van der Waals surface area contributed by atoms with Gasteiger partial charge in [-0.25, -0.2) is 0 Å². The number of rotatable bonds is 4. The highest BCUT2D eigenvalue weighted by Crippen LogP contribution is 2.26. The third-order valence-corrected chi connectivity index (χ3v) is 5.24. The van der Waals surface area contributed by atoms with Crippen LogP contribution in [-0.4, -0.2) is 30.0 Å². The lowest BCUT2D eigenvalue weighted by Gasteiger charge is -2.32. The number of carbonyl (C=O) groups excluding carboxylic acids is 1. The lowest BCUT2D eigenvalue weighted by molar-refractivity contribution is 0.0596. The highest BCUT2D eigenvalue weighted by atomic mass is 16.5. The molecule has 4 rings (SSSR count). The summed E-state index contributed by atoms with van der Waals surface area (Å²) in [5, 5.41) is 9.03. The van der Waals surface area contributed by atoms with Gasteiger partial charge in [0.1, 0.15) is 11.9 Å². The second-order valence-electron chi connectivity index (χ2n) is 7.16. The minimum absolute atomic E-state index is 0.0531. The number of nitriles is 1. The largest absolute Gasteiger partial charge is 0.490 e. The smallest absolute Gasteiger partial charge is 0.254 e. The summed E-state index contributed by atoms with van der Waals surface area (Å²) < 4.78 is 6.04. The first kappa shape index (κ1) is 18.8. The second-order valence-corrected chi connectivity index (χ2v) is 7.16. The van der Waals surface area contributed by atoms with Crippen molar-refractivity contribution in [2.75, 3.05) is 13.1 Å². The molecule has 29 heavy (non-hydrogen) atoms. The SMILES string of the molecule is N#Cc1cccc(OC2CCN(C(=O)c3ccccc3-c3ccccc3)CC2)c1. The monoisotopic (exact) mass is 382 g/mol. The molecule has 1 aliphatic rings. The molecular weight excluding hydrogens is 360 g/mol. The number of amides is 1. The van der Waals surface area contributed by atoms with Crippen molar-refractivity contribution in [1.82, 2.24) is 4.90 Å². The maximum absolute atomic E-state index is 13.2. The van der Waals surface area contributed by atoms with E-state index in [-0.39, 0.29) is 12.0 Å². The van der Waals surface area contributed by atoms with Crippen molar-refractivity contribution >= 4 is 5.91 Å². The average molecular weight is 382 g/mol. The molecule has 0 spiro atoms. The number of benzene rings is 3. The maximum Gasteiger partial charge on any atom is 0.254 e. The molecule has 144 valence electrons. The van der Waals surface area contributed by atoms with E-state index in [9.17, 15) is 4.79 Å². The molecule has 3 aromatic rings. The van der Waals surface area contributed by atoms with Crippen molar-refractivity contribution in [3.63, 3.8) is 0 Å². The van der Waals surface area contributed by atoms with Gasteiger partial charge in [-0.15, -0.1) is 0 Å². The van der Waals surface area contributed by atoms with Crippen LogP contribution in [0.3, 0.4) is 0 Å². The topological polar surface area (TPSA) is 53.3 Å². The van der Waals surface area contributed by atoms with Crippen molar-refractivity contribution in [2.45, 2.75) is 18.9 Å². The fraction of sp³-hybridized carbons (Fsp3) is 0.200. The molecule has 0 atom stereocenters. The number of nitrogens with zero attached hydrogens (tertiary/aromatic N) is 2. The Hall–Kier alpha value is -3.58. The third kappa shape index (κ3) is 4.30. The van der Waals surface area contributed by atoms with Crippen LogP contribution >= 0.6 is 0 Å². The minimum atomic E-state index is 0.0531. The molecule has 1 fully saturated rings. The number of hydrogen-bond donors (Lipinski definition) is 0. The van der Waals surface area contributed by atoms with Gasteiger partial charge in [-0.2, -0.15) is 5.26 Å². The summed E-state index contributed by atoms with van der Waals surface area (Å²) >= 11 is 0.